The molecule has 1 rings (SSSR count). The molecule has 1 aliphatic heterocycles. The summed E-state index contributed by atoms with van der Waals surface area (Å²) in [6, 6.07) is 0. The molecule has 0 spiro atoms. The first-order chi connectivity index (χ1) is 12.5. The molecule has 0 saturated carbocycles. The van der Waals surface area contributed by atoms with Crippen LogP contribution in [0, 0.1) is 0 Å². The molecule has 0 bridgehead atoms. The third kappa shape index (κ3) is 11.1. The van der Waals surface area contributed by atoms with E-state index in [1.54, 1.807) is 6.92 Å². The molecule has 3 N–H and O–H groups in total. The minimum absolute atomic E-state index is 0.291. The van der Waals surface area contributed by atoms with Crippen molar-refractivity contribution in [2.75, 3.05) is 6.61 Å². The zero-order valence-electron chi connectivity index (χ0n) is 16.3. The summed E-state index contributed by atoms with van der Waals surface area (Å²) in [6.07, 6.45) is 10.8. The predicted octanol–water partition coefficient (Wildman–Crippen LogP) is 3.63. The van der Waals surface area contributed by atoms with Gasteiger partial charge in [0.15, 0.2) is 6.29 Å². The lowest BCUT2D eigenvalue weighted by atomic mass is 10.0. The molecule has 4 unspecified atom stereocenters. The van der Waals surface area contributed by atoms with Crippen LogP contribution in [-0.4, -0.2) is 52.5 Å². The lowest BCUT2D eigenvalue weighted by Gasteiger charge is -2.35. The minimum atomic E-state index is -0.745. The monoisotopic (exact) mass is 374 g/mol. The van der Waals surface area contributed by atoms with Crippen LogP contribution in [0.3, 0.4) is 0 Å². The molecule has 4 atom stereocenters. The van der Waals surface area contributed by atoms with Gasteiger partial charge in [-0.25, -0.2) is 0 Å². The number of carbonyl (C=O) groups is 1. The van der Waals surface area contributed by atoms with Crippen molar-refractivity contribution in [3.8, 4) is 0 Å². The molecule has 1 saturated heterocycles. The van der Waals surface area contributed by atoms with Crippen LogP contribution < -0.4 is 0 Å². The Hall–Kier alpha value is -0.690. The largest absolute Gasteiger partial charge is 0.481 e. The van der Waals surface area contributed by atoms with E-state index in [9.17, 15) is 15.0 Å². The zero-order chi connectivity index (χ0) is 19.2. The molecule has 1 aliphatic rings. The van der Waals surface area contributed by atoms with Crippen molar-refractivity contribution in [3.63, 3.8) is 0 Å². The number of aliphatic hydroxyl groups excluding tert-OH is 2. The summed E-state index contributed by atoms with van der Waals surface area (Å²) in [5.74, 6) is -0.689. The fourth-order valence-corrected chi connectivity index (χ4v) is 3.26. The van der Waals surface area contributed by atoms with Crippen LogP contribution in [0.2, 0.25) is 0 Å². The van der Waals surface area contributed by atoms with Gasteiger partial charge in [-0.2, -0.15) is 0 Å². The van der Waals surface area contributed by atoms with Crippen LogP contribution in [0.25, 0.3) is 0 Å². The summed E-state index contributed by atoms with van der Waals surface area (Å²) in [7, 11) is 0. The van der Waals surface area contributed by atoms with Gasteiger partial charge in [0.25, 0.3) is 0 Å². The molecule has 0 aromatic heterocycles. The van der Waals surface area contributed by atoms with Crippen molar-refractivity contribution in [1.29, 1.82) is 0 Å². The van der Waals surface area contributed by atoms with Crippen LogP contribution in [0.15, 0.2) is 0 Å². The van der Waals surface area contributed by atoms with E-state index < -0.39 is 24.5 Å². The minimum Gasteiger partial charge on any atom is -0.481 e. The first kappa shape index (κ1) is 23.3. The highest BCUT2D eigenvalue weighted by Gasteiger charge is 2.34. The van der Waals surface area contributed by atoms with E-state index in [1.165, 1.54) is 38.5 Å². The molecule has 6 nitrogen and oxygen atoms in total. The smallest absolute Gasteiger partial charge is 0.303 e. The Kier molecular flexibility index (Phi) is 12.9. The van der Waals surface area contributed by atoms with Gasteiger partial charge in [0.2, 0.25) is 0 Å². The second-order valence-corrected chi connectivity index (χ2v) is 7.48. The first-order valence-electron chi connectivity index (χ1n) is 10.4. The standard InChI is InChI=1S/C20H38O6/c1-16-17(21)15-18(22)20(26-16)25-14-12-10-8-6-4-2-3-5-7-9-11-13-19(23)24/h16-18,20-22H,2-15H2,1H3,(H,23,24). The average Bonchev–Trinajstić information content (AvgIpc) is 2.59. The molecular weight excluding hydrogens is 336 g/mol. The van der Waals surface area contributed by atoms with E-state index in [2.05, 4.69) is 0 Å². The fourth-order valence-electron chi connectivity index (χ4n) is 3.26. The maximum absolute atomic E-state index is 10.4. The normalized spacial score (nSPS) is 26.1. The number of rotatable bonds is 15. The van der Waals surface area contributed by atoms with E-state index in [0.717, 1.165) is 32.1 Å². The van der Waals surface area contributed by atoms with E-state index in [4.69, 9.17) is 14.6 Å². The number of carboxylic acid groups (broad SMARTS) is 1. The Morgan fingerprint density at radius 2 is 1.38 bits per heavy atom. The van der Waals surface area contributed by atoms with Crippen LogP contribution in [0.4, 0.5) is 0 Å². The lowest BCUT2D eigenvalue weighted by Crippen LogP contribution is -2.47. The molecule has 0 aromatic rings. The highest BCUT2D eigenvalue weighted by atomic mass is 16.7. The molecular formula is C20H38O6. The van der Waals surface area contributed by atoms with E-state index in [-0.39, 0.29) is 6.10 Å². The van der Waals surface area contributed by atoms with E-state index in [0.29, 0.717) is 19.4 Å². The summed E-state index contributed by atoms with van der Waals surface area (Å²) >= 11 is 0. The molecule has 6 heteroatoms. The summed E-state index contributed by atoms with van der Waals surface area (Å²) in [4.78, 5) is 10.4. The third-order valence-corrected chi connectivity index (χ3v) is 5.00. The summed E-state index contributed by atoms with van der Waals surface area (Å²) in [6.45, 7) is 2.38. The summed E-state index contributed by atoms with van der Waals surface area (Å²) in [5.41, 5.74) is 0. The maximum Gasteiger partial charge on any atom is 0.303 e. The Labute approximate surface area is 157 Å². The van der Waals surface area contributed by atoms with Crippen LogP contribution in [0.1, 0.15) is 90.4 Å². The van der Waals surface area contributed by atoms with Gasteiger partial charge in [-0.05, 0) is 19.8 Å². The molecule has 154 valence electrons. The van der Waals surface area contributed by atoms with Crippen LogP contribution >= 0.6 is 0 Å². The van der Waals surface area contributed by atoms with Gasteiger partial charge >= 0.3 is 5.97 Å². The van der Waals surface area contributed by atoms with Crippen molar-refractivity contribution in [3.05, 3.63) is 0 Å². The van der Waals surface area contributed by atoms with Crippen molar-refractivity contribution < 1.29 is 29.6 Å². The fraction of sp³-hybridized carbons (Fsp3) is 0.950. The van der Waals surface area contributed by atoms with Gasteiger partial charge in [-0.1, -0.05) is 57.8 Å². The molecule has 1 fully saturated rings. The van der Waals surface area contributed by atoms with Crippen molar-refractivity contribution >= 4 is 5.97 Å². The van der Waals surface area contributed by atoms with Crippen molar-refractivity contribution in [1.82, 2.24) is 0 Å². The SMILES string of the molecule is CC1OC(OCCCCCCCCCCCCCC(=O)O)C(O)CC1O. The first-order valence-corrected chi connectivity index (χ1v) is 10.4. The average molecular weight is 375 g/mol. The van der Waals surface area contributed by atoms with Gasteiger partial charge in [-0.3, -0.25) is 4.79 Å². The predicted molar refractivity (Wildman–Crippen MR) is 100.0 cm³/mol. The topological polar surface area (TPSA) is 96.2 Å². The lowest BCUT2D eigenvalue weighted by molar-refractivity contribution is -0.261. The third-order valence-electron chi connectivity index (χ3n) is 5.00. The van der Waals surface area contributed by atoms with Gasteiger partial charge < -0.3 is 24.8 Å². The molecule has 0 radical (unpaired) electrons. The van der Waals surface area contributed by atoms with E-state index in [1.807, 2.05) is 0 Å². The Bertz CT molecular complexity index is 362. The van der Waals surface area contributed by atoms with Gasteiger partial charge in [0.05, 0.1) is 12.2 Å². The number of hydrogen-bond acceptors (Lipinski definition) is 5. The Morgan fingerprint density at radius 3 is 1.92 bits per heavy atom. The molecule has 0 aromatic carbocycles. The molecule has 0 aliphatic carbocycles. The summed E-state index contributed by atoms with van der Waals surface area (Å²) in [5, 5.41) is 28.0. The van der Waals surface area contributed by atoms with Gasteiger partial charge in [0.1, 0.15) is 6.10 Å². The number of unbranched alkanes of at least 4 members (excludes halogenated alkanes) is 10. The number of aliphatic hydroxyl groups is 2. The number of carboxylic acids is 1. The number of aliphatic carboxylic acids is 1. The Morgan fingerprint density at radius 1 is 0.885 bits per heavy atom. The molecule has 26 heavy (non-hydrogen) atoms. The molecule has 0 amide bonds. The van der Waals surface area contributed by atoms with E-state index >= 15 is 0 Å². The van der Waals surface area contributed by atoms with Crippen LogP contribution in [0.5, 0.6) is 0 Å². The second kappa shape index (κ2) is 14.4. The van der Waals surface area contributed by atoms with Gasteiger partial charge in [-0.15, -0.1) is 0 Å². The highest BCUT2D eigenvalue weighted by Crippen LogP contribution is 2.21. The van der Waals surface area contributed by atoms with Crippen LogP contribution in [-0.2, 0) is 14.3 Å². The number of hydrogen-bond donors (Lipinski definition) is 3. The molecule has 1 heterocycles. The maximum atomic E-state index is 10.4. The highest BCUT2D eigenvalue weighted by molar-refractivity contribution is 5.66. The van der Waals surface area contributed by atoms with Crippen molar-refractivity contribution in [2.45, 2.75) is 115 Å². The van der Waals surface area contributed by atoms with Crippen molar-refractivity contribution in [2.24, 2.45) is 0 Å². The second-order valence-electron chi connectivity index (χ2n) is 7.48. The Balaban J connectivity index is 1.82. The number of ether oxygens (including phenoxy) is 2. The quantitative estimate of drug-likeness (QED) is 0.379. The summed E-state index contributed by atoms with van der Waals surface area (Å²) < 4.78 is 11.1. The zero-order valence-corrected chi connectivity index (χ0v) is 16.3. The van der Waals surface area contributed by atoms with Gasteiger partial charge in [0, 0.05) is 19.4 Å².